The van der Waals surface area contributed by atoms with Gasteiger partial charge in [0.25, 0.3) is 5.91 Å². The van der Waals surface area contributed by atoms with E-state index in [2.05, 4.69) is 17.2 Å². The highest BCUT2D eigenvalue weighted by Crippen LogP contribution is 2.36. The molecule has 0 spiro atoms. The van der Waals surface area contributed by atoms with E-state index >= 15 is 0 Å². The lowest BCUT2D eigenvalue weighted by Crippen LogP contribution is -2.35. The first-order valence-electron chi connectivity index (χ1n) is 7.14. The second-order valence-electron chi connectivity index (χ2n) is 4.83. The summed E-state index contributed by atoms with van der Waals surface area (Å²) in [5.41, 5.74) is 1.53. The molecule has 0 radical (unpaired) electrons. The number of methoxy groups -OCH3 is 1. The molecule has 0 aliphatic carbocycles. The first-order chi connectivity index (χ1) is 10.7. The monoisotopic (exact) mass is 336 g/mol. The number of hydrogen-bond donors (Lipinski definition) is 1. The van der Waals surface area contributed by atoms with Crippen molar-refractivity contribution >= 4 is 38.4 Å². The van der Waals surface area contributed by atoms with Gasteiger partial charge in [-0.05, 0) is 25.1 Å². The van der Waals surface area contributed by atoms with Gasteiger partial charge in [-0.3, -0.25) is 9.78 Å². The molecule has 1 heterocycles. The Bertz CT molecular complexity index is 649. The van der Waals surface area contributed by atoms with Crippen LogP contribution in [0.2, 0.25) is 0 Å². The van der Waals surface area contributed by atoms with Crippen LogP contribution in [0.4, 0.5) is 0 Å². The van der Waals surface area contributed by atoms with Gasteiger partial charge in [-0.15, -0.1) is 0 Å². The number of ether oxygens (including phenoxy) is 1. The SMILES string of the molecule is CCSSc1ccc(C(=O)NC(C)COC)c2cccnc12. The fourth-order valence-electron chi connectivity index (χ4n) is 2.13. The number of benzene rings is 1. The lowest BCUT2D eigenvalue weighted by atomic mass is 10.1. The Kier molecular flexibility index (Phi) is 6.54. The molecule has 1 N–H and O–H groups in total. The molecule has 2 rings (SSSR count). The maximum absolute atomic E-state index is 12.5. The van der Waals surface area contributed by atoms with E-state index in [4.69, 9.17) is 4.74 Å². The lowest BCUT2D eigenvalue weighted by Gasteiger charge is -2.14. The molecule has 0 aliphatic heterocycles. The largest absolute Gasteiger partial charge is 0.383 e. The van der Waals surface area contributed by atoms with Crippen LogP contribution in [-0.4, -0.2) is 36.4 Å². The Balaban J connectivity index is 2.33. The summed E-state index contributed by atoms with van der Waals surface area (Å²) in [7, 11) is 5.09. The summed E-state index contributed by atoms with van der Waals surface area (Å²) in [6, 6.07) is 7.61. The Morgan fingerprint density at radius 2 is 2.23 bits per heavy atom. The van der Waals surface area contributed by atoms with E-state index in [1.165, 1.54) is 0 Å². The molecule has 0 bridgehead atoms. The van der Waals surface area contributed by atoms with Crippen molar-refractivity contribution in [3.63, 3.8) is 0 Å². The molecule has 0 saturated carbocycles. The fourth-order valence-corrected chi connectivity index (χ4v) is 3.88. The molecule has 22 heavy (non-hydrogen) atoms. The van der Waals surface area contributed by atoms with Gasteiger partial charge in [0.1, 0.15) is 0 Å². The molecule has 0 saturated heterocycles. The summed E-state index contributed by atoms with van der Waals surface area (Å²) >= 11 is 0. The van der Waals surface area contributed by atoms with Crippen LogP contribution >= 0.6 is 21.6 Å². The number of fused-ring (bicyclic) bond motifs is 1. The summed E-state index contributed by atoms with van der Waals surface area (Å²) in [4.78, 5) is 18.0. The minimum atomic E-state index is -0.0951. The highest BCUT2D eigenvalue weighted by molar-refractivity contribution is 8.76. The van der Waals surface area contributed by atoms with Crippen LogP contribution in [0.25, 0.3) is 10.9 Å². The quantitative estimate of drug-likeness (QED) is 0.780. The molecule has 0 aliphatic rings. The molecule has 1 atom stereocenters. The van der Waals surface area contributed by atoms with Crippen molar-refractivity contribution in [2.45, 2.75) is 24.8 Å². The molecule has 6 heteroatoms. The number of nitrogens with zero attached hydrogens (tertiary/aromatic N) is 1. The van der Waals surface area contributed by atoms with Crippen molar-refractivity contribution in [1.82, 2.24) is 10.3 Å². The highest BCUT2D eigenvalue weighted by Gasteiger charge is 2.15. The zero-order chi connectivity index (χ0) is 15.9. The van der Waals surface area contributed by atoms with Gasteiger partial charge in [0.2, 0.25) is 0 Å². The predicted octanol–water partition coefficient (Wildman–Crippen LogP) is 3.76. The number of carbonyl (C=O) groups excluding carboxylic acids is 1. The number of carbonyl (C=O) groups is 1. The highest BCUT2D eigenvalue weighted by atomic mass is 33.1. The van der Waals surface area contributed by atoms with Crippen molar-refractivity contribution < 1.29 is 9.53 Å². The fraction of sp³-hybridized carbons (Fsp3) is 0.375. The van der Waals surface area contributed by atoms with Crippen LogP contribution in [0, 0.1) is 0 Å². The Hall–Kier alpha value is -1.24. The molecular formula is C16H20N2O2S2. The summed E-state index contributed by atoms with van der Waals surface area (Å²) in [5.74, 6) is 0.928. The molecule has 118 valence electrons. The number of rotatable bonds is 7. The maximum Gasteiger partial charge on any atom is 0.252 e. The van der Waals surface area contributed by atoms with Crippen molar-refractivity contribution in [2.75, 3.05) is 19.5 Å². The summed E-state index contributed by atoms with van der Waals surface area (Å²) in [6.45, 7) is 4.53. The second kappa shape index (κ2) is 8.41. The van der Waals surface area contributed by atoms with Crippen LogP contribution in [-0.2, 0) is 4.74 Å². The molecule has 1 amide bonds. The van der Waals surface area contributed by atoms with Crippen molar-refractivity contribution in [2.24, 2.45) is 0 Å². The number of hydrogen-bond acceptors (Lipinski definition) is 5. The normalized spacial score (nSPS) is 12.3. The minimum Gasteiger partial charge on any atom is -0.383 e. The van der Waals surface area contributed by atoms with Crippen LogP contribution in [0.5, 0.6) is 0 Å². The van der Waals surface area contributed by atoms with E-state index < -0.39 is 0 Å². The van der Waals surface area contributed by atoms with Crippen molar-refractivity contribution in [3.05, 3.63) is 36.0 Å². The lowest BCUT2D eigenvalue weighted by molar-refractivity contribution is 0.0907. The first-order valence-corrected chi connectivity index (χ1v) is 9.46. The topological polar surface area (TPSA) is 51.2 Å². The standard InChI is InChI=1S/C16H20N2O2S2/c1-4-21-22-14-8-7-13(12-6-5-9-17-15(12)14)16(19)18-11(2)10-20-3/h5-9,11H,4,10H2,1-3H3,(H,18,19). The van der Waals surface area contributed by atoms with E-state index in [-0.39, 0.29) is 11.9 Å². The van der Waals surface area contributed by atoms with Gasteiger partial charge in [-0.25, -0.2) is 0 Å². The zero-order valence-corrected chi connectivity index (χ0v) is 14.6. The molecule has 1 unspecified atom stereocenters. The first kappa shape index (κ1) is 17.1. The van der Waals surface area contributed by atoms with E-state index in [0.29, 0.717) is 12.2 Å². The molecule has 0 fully saturated rings. The zero-order valence-electron chi connectivity index (χ0n) is 13.0. The third kappa shape index (κ3) is 4.15. The van der Waals surface area contributed by atoms with Crippen LogP contribution in [0.3, 0.4) is 0 Å². The van der Waals surface area contributed by atoms with Crippen molar-refractivity contribution in [1.29, 1.82) is 0 Å². The molecular weight excluding hydrogens is 316 g/mol. The van der Waals surface area contributed by atoms with Gasteiger partial charge in [-0.1, -0.05) is 34.6 Å². The molecule has 1 aromatic carbocycles. The number of amides is 1. The van der Waals surface area contributed by atoms with Crippen LogP contribution in [0.1, 0.15) is 24.2 Å². The van der Waals surface area contributed by atoms with Gasteiger partial charge in [0.15, 0.2) is 0 Å². The number of aromatic nitrogens is 1. The van der Waals surface area contributed by atoms with Gasteiger partial charge in [0.05, 0.1) is 12.1 Å². The third-order valence-corrected chi connectivity index (χ3v) is 5.50. The summed E-state index contributed by atoms with van der Waals surface area (Å²) in [5, 5.41) is 3.83. The number of pyridine rings is 1. The Labute approximate surface area is 138 Å². The van der Waals surface area contributed by atoms with Gasteiger partial charge in [-0.2, -0.15) is 0 Å². The molecule has 4 nitrogen and oxygen atoms in total. The van der Waals surface area contributed by atoms with Crippen LogP contribution in [0.15, 0.2) is 35.4 Å². The summed E-state index contributed by atoms with van der Waals surface area (Å²) in [6.07, 6.45) is 1.76. The average Bonchev–Trinajstić information content (AvgIpc) is 2.52. The van der Waals surface area contributed by atoms with E-state index in [1.807, 2.05) is 31.2 Å². The van der Waals surface area contributed by atoms with E-state index in [0.717, 1.165) is 21.6 Å². The average molecular weight is 336 g/mol. The second-order valence-corrected chi connectivity index (χ2v) is 7.46. The minimum absolute atomic E-state index is 0.0334. The maximum atomic E-state index is 12.5. The molecule has 2 aromatic rings. The van der Waals surface area contributed by atoms with Gasteiger partial charge < -0.3 is 10.1 Å². The smallest absolute Gasteiger partial charge is 0.252 e. The van der Waals surface area contributed by atoms with Crippen molar-refractivity contribution in [3.8, 4) is 0 Å². The summed E-state index contributed by atoms with van der Waals surface area (Å²) < 4.78 is 5.06. The predicted molar refractivity (Wildman–Crippen MR) is 94.5 cm³/mol. The molecule has 1 aromatic heterocycles. The Morgan fingerprint density at radius 1 is 1.41 bits per heavy atom. The van der Waals surface area contributed by atoms with E-state index in [1.54, 1.807) is 34.9 Å². The number of nitrogens with one attached hydrogen (secondary N) is 1. The van der Waals surface area contributed by atoms with E-state index in [9.17, 15) is 4.79 Å². The Morgan fingerprint density at radius 3 is 2.95 bits per heavy atom. The van der Waals surface area contributed by atoms with Gasteiger partial charge in [0, 0.05) is 40.9 Å². The van der Waals surface area contributed by atoms with Crippen LogP contribution < -0.4 is 5.32 Å². The third-order valence-electron chi connectivity index (χ3n) is 3.04. The van der Waals surface area contributed by atoms with Gasteiger partial charge >= 0.3 is 0 Å².